The highest BCUT2D eigenvalue weighted by molar-refractivity contribution is 5.76. The molecule has 1 saturated heterocycles. The van der Waals surface area contributed by atoms with Crippen molar-refractivity contribution >= 4 is 5.91 Å². The molecule has 0 radical (unpaired) electrons. The van der Waals surface area contributed by atoms with Crippen LogP contribution in [0.25, 0.3) is 0 Å². The Labute approximate surface area is 138 Å². The van der Waals surface area contributed by atoms with E-state index in [1.54, 1.807) is 0 Å². The average Bonchev–Trinajstić information content (AvgIpc) is 2.99. The van der Waals surface area contributed by atoms with Crippen LogP contribution in [-0.2, 0) is 14.9 Å². The molecule has 126 valence electrons. The molecule has 4 heteroatoms. The fraction of sp³-hybridized carbons (Fsp3) is 0.632. The molecule has 1 aliphatic carbocycles. The molecular formula is C19H28N2O2. The van der Waals surface area contributed by atoms with E-state index < -0.39 is 0 Å². The Balaban J connectivity index is 1.62. The summed E-state index contributed by atoms with van der Waals surface area (Å²) in [6.07, 6.45) is 5.79. The summed E-state index contributed by atoms with van der Waals surface area (Å²) in [5.74, 6) is 0.506. The van der Waals surface area contributed by atoms with Gasteiger partial charge in [0.25, 0.3) is 0 Å². The van der Waals surface area contributed by atoms with Crippen LogP contribution in [0.2, 0.25) is 0 Å². The number of hydrogen-bond acceptors (Lipinski definition) is 3. The zero-order valence-electron chi connectivity index (χ0n) is 13.8. The lowest BCUT2D eigenvalue weighted by Crippen LogP contribution is -2.45. The van der Waals surface area contributed by atoms with Crippen molar-refractivity contribution in [1.82, 2.24) is 5.32 Å². The molecule has 1 amide bonds. The number of nitrogens with two attached hydrogens (primary N) is 1. The minimum atomic E-state index is 0.00691. The van der Waals surface area contributed by atoms with E-state index in [2.05, 4.69) is 29.6 Å². The van der Waals surface area contributed by atoms with Crippen molar-refractivity contribution in [3.05, 3.63) is 35.9 Å². The first kappa shape index (κ1) is 16.5. The fourth-order valence-electron chi connectivity index (χ4n) is 4.02. The summed E-state index contributed by atoms with van der Waals surface area (Å²) in [4.78, 5) is 12.4. The van der Waals surface area contributed by atoms with Crippen LogP contribution in [0.5, 0.6) is 0 Å². The van der Waals surface area contributed by atoms with Crippen LogP contribution in [0.3, 0.4) is 0 Å². The lowest BCUT2D eigenvalue weighted by Gasteiger charge is -2.38. The number of rotatable bonds is 5. The van der Waals surface area contributed by atoms with E-state index in [9.17, 15) is 4.79 Å². The maximum Gasteiger partial charge on any atom is 0.220 e. The average molecular weight is 316 g/mol. The van der Waals surface area contributed by atoms with Gasteiger partial charge in [-0.3, -0.25) is 4.79 Å². The summed E-state index contributed by atoms with van der Waals surface area (Å²) in [7, 11) is 0. The molecule has 3 N–H and O–H groups in total. The molecular weight excluding hydrogens is 288 g/mol. The molecule has 4 nitrogen and oxygen atoms in total. The maximum absolute atomic E-state index is 12.4. The van der Waals surface area contributed by atoms with Crippen molar-refractivity contribution < 1.29 is 9.53 Å². The predicted octanol–water partition coefficient (Wildman–Crippen LogP) is 2.37. The Kier molecular flexibility index (Phi) is 5.34. The van der Waals surface area contributed by atoms with Crippen LogP contribution < -0.4 is 11.1 Å². The third kappa shape index (κ3) is 3.93. The Morgan fingerprint density at radius 2 is 1.96 bits per heavy atom. The molecule has 2 atom stereocenters. The van der Waals surface area contributed by atoms with Crippen molar-refractivity contribution in [1.29, 1.82) is 0 Å². The number of benzene rings is 1. The first-order valence-electron chi connectivity index (χ1n) is 8.85. The molecule has 0 unspecified atom stereocenters. The van der Waals surface area contributed by atoms with Crippen molar-refractivity contribution in [2.24, 2.45) is 11.7 Å². The van der Waals surface area contributed by atoms with E-state index in [0.29, 0.717) is 18.9 Å². The normalized spacial score (nSPS) is 26.8. The summed E-state index contributed by atoms with van der Waals surface area (Å²) < 4.78 is 5.55. The number of carbonyl (C=O) groups excluding carboxylic acids is 1. The highest BCUT2D eigenvalue weighted by atomic mass is 16.5. The van der Waals surface area contributed by atoms with Gasteiger partial charge in [0.05, 0.1) is 0 Å². The lowest BCUT2D eigenvalue weighted by molar-refractivity contribution is -0.122. The first-order chi connectivity index (χ1) is 11.2. The van der Waals surface area contributed by atoms with E-state index in [1.165, 1.54) is 5.56 Å². The van der Waals surface area contributed by atoms with Crippen LogP contribution in [0, 0.1) is 5.92 Å². The molecule has 1 saturated carbocycles. The van der Waals surface area contributed by atoms with Gasteiger partial charge in [-0.15, -0.1) is 0 Å². The van der Waals surface area contributed by atoms with Crippen molar-refractivity contribution in [2.45, 2.75) is 50.0 Å². The van der Waals surface area contributed by atoms with Gasteiger partial charge in [0.2, 0.25) is 5.91 Å². The van der Waals surface area contributed by atoms with Gasteiger partial charge in [-0.25, -0.2) is 0 Å². The second-order valence-electron chi connectivity index (χ2n) is 7.09. The van der Waals surface area contributed by atoms with E-state index in [4.69, 9.17) is 10.5 Å². The summed E-state index contributed by atoms with van der Waals surface area (Å²) in [5.41, 5.74) is 7.40. The van der Waals surface area contributed by atoms with Crippen LogP contribution in [0.15, 0.2) is 30.3 Å². The lowest BCUT2D eigenvalue weighted by atomic mass is 9.74. The molecule has 1 aromatic carbocycles. The van der Waals surface area contributed by atoms with Gasteiger partial charge in [-0.05, 0) is 37.2 Å². The highest BCUT2D eigenvalue weighted by Crippen LogP contribution is 2.34. The maximum atomic E-state index is 12.4. The van der Waals surface area contributed by atoms with Crippen molar-refractivity contribution in [3.63, 3.8) is 0 Å². The zero-order valence-corrected chi connectivity index (χ0v) is 13.8. The fourth-order valence-corrected chi connectivity index (χ4v) is 4.02. The van der Waals surface area contributed by atoms with Gasteiger partial charge in [0.1, 0.15) is 0 Å². The third-order valence-corrected chi connectivity index (χ3v) is 5.63. The van der Waals surface area contributed by atoms with Gasteiger partial charge in [-0.2, -0.15) is 0 Å². The highest BCUT2D eigenvalue weighted by Gasteiger charge is 2.35. The third-order valence-electron chi connectivity index (χ3n) is 5.63. The summed E-state index contributed by atoms with van der Waals surface area (Å²) >= 11 is 0. The van der Waals surface area contributed by atoms with Gasteiger partial charge in [-0.1, -0.05) is 36.8 Å². The number of carbonyl (C=O) groups is 1. The zero-order chi connectivity index (χ0) is 16.1. The molecule has 0 bridgehead atoms. The first-order valence-corrected chi connectivity index (χ1v) is 8.85. The minimum absolute atomic E-state index is 0.00691. The standard InChI is InChI=1S/C19H28N2O2/c20-17-8-4-5-15(17)13-18(22)21-14-19(9-11-23-12-10-19)16-6-2-1-3-7-16/h1-3,6-7,15,17H,4-5,8-14,20H2,(H,21,22)/t15-,17+/m0/s1. The van der Waals surface area contributed by atoms with Crippen LogP contribution in [-0.4, -0.2) is 31.7 Å². The van der Waals surface area contributed by atoms with Crippen LogP contribution >= 0.6 is 0 Å². The molecule has 23 heavy (non-hydrogen) atoms. The minimum Gasteiger partial charge on any atom is -0.381 e. The Morgan fingerprint density at radius 3 is 2.61 bits per heavy atom. The van der Waals surface area contributed by atoms with E-state index >= 15 is 0 Å². The molecule has 2 aliphatic rings. The smallest absolute Gasteiger partial charge is 0.220 e. The van der Waals surface area contributed by atoms with Gasteiger partial charge < -0.3 is 15.8 Å². The largest absolute Gasteiger partial charge is 0.381 e. The summed E-state index contributed by atoms with van der Waals surface area (Å²) in [5, 5.41) is 3.19. The van der Waals surface area contributed by atoms with Crippen molar-refractivity contribution in [3.8, 4) is 0 Å². The van der Waals surface area contributed by atoms with Crippen molar-refractivity contribution in [2.75, 3.05) is 19.8 Å². The van der Waals surface area contributed by atoms with Gasteiger partial charge in [0, 0.05) is 37.6 Å². The Morgan fingerprint density at radius 1 is 1.22 bits per heavy atom. The second-order valence-corrected chi connectivity index (χ2v) is 7.09. The van der Waals surface area contributed by atoms with Gasteiger partial charge in [0.15, 0.2) is 0 Å². The van der Waals surface area contributed by atoms with E-state index in [1.807, 2.05) is 6.07 Å². The monoisotopic (exact) mass is 316 g/mol. The molecule has 0 spiro atoms. The number of ether oxygens (including phenoxy) is 1. The Bertz CT molecular complexity index is 511. The number of amides is 1. The molecule has 3 rings (SSSR count). The molecule has 0 aromatic heterocycles. The second kappa shape index (κ2) is 7.45. The number of hydrogen-bond donors (Lipinski definition) is 2. The SMILES string of the molecule is N[C@@H]1CCC[C@H]1CC(=O)NCC1(c2ccccc2)CCOCC1. The van der Waals surface area contributed by atoms with Gasteiger partial charge >= 0.3 is 0 Å². The summed E-state index contributed by atoms with van der Waals surface area (Å²) in [6, 6.07) is 10.7. The number of nitrogens with one attached hydrogen (secondary N) is 1. The van der Waals surface area contributed by atoms with Crippen LogP contribution in [0.4, 0.5) is 0 Å². The molecule has 2 fully saturated rings. The molecule has 1 aliphatic heterocycles. The molecule has 1 aromatic rings. The predicted molar refractivity (Wildman–Crippen MR) is 91.1 cm³/mol. The Hall–Kier alpha value is -1.39. The van der Waals surface area contributed by atoms with Crippen LogP contribution in [0.1, 0.15) is 44.1 Å². The molecule has 1 heterocycles. The quantitative estimate of drug-likeness (QED) is 0.876. The summed E-state index contributed by atoms with van der Waals surface area (Å²) in [6.45, 7) is 2.22. The van der Waals surface area contributed by atoms with E-state index in [0.717, 1.165) is 45.3 Å². The topological polar surface area (TPSA) is 64.4 Å². The van der Waals surface area contributed by atoms with E-state index in [-0.39, 0.29) is 17.4 Å².